The molecule has 1 N–H and O–H groups in total. The maximum absolute atomic E-state index is 13.5. The van der Waals surface area contributed by atoms with Crippen LogP contribution < -0.4 is 5.32 Å². The minimum Gasteiger partial charge on any atom is -0.458 e. The highest BCUT2D eigenvalue weighted by Crippen LogP contribution is 2.46. The smallest absolute Gasteiger partial charge is 0.417 e. The SMILES string of the molecule is O=C(OC1CC2CC1CN2)c1c(-c2ccccc2C(F)(F)F)noc1C1CC1. The van der Waals surface area contributed by atoms with Crippen LogP contribution in [0, 0.1) is 5.92 Å². The number of piperidine rings is 1. The van der Waals surface area contributed by atoms with Crippen molar-refractivity contribution in [2.45, 2.75) is 49.9 Å². The lowest BCUT2D eigenvalue weighted by molar-refractivity contribution is -0.137. The van der Waals surface area contributed by atoms with Crippen molar-refractivity contribution >= 4 is 5.97 Å². The predicted molar refractivity (Wildman–Crippen MR) is 92.6 cm³/mol. The van der Waals surface area contributed by atoms with Crippen LogP contribution in [0.25, 0.3) is 11.3 Å². The van der Waals surface area contributed by atoms with Gasteiger partial charge >= 0.3 is 12.1 Å². The van der Waals surface area contributed by atoms with Gasteiger partial charge < -0.3 is 14.6 Å². The number of fused-ring (bicyclic) bond motifs is 2. The molecule has 148 valence electrons. The molecule has 5 nitrogen and oxygen atoms in total. The van der Waals surface area contributed by atoms with E-state index in [9.17, 15) is 18.0 Å². The normalized spacial score (nSPS) is 26.6. The maximum atomic E-state index is 13.5. The number of carbonyl (C=O) groups excluding carboxylic acids is 1. The standard InChI is InChI=1S/C20H19F3N2O3/c21-20(22,23)14-4-2-1-3-13(14)17-16(18(28-25-17)10-5-6-10)19(26)27-15-8-12-7-11(15)9-24-12/h1-4,10-12,15,24H,5-9H2. The first-order valence-electron chi connectivity index (χ1n) is 9.52. The van der Waals surface area contributed by atoms with E-state index in [1.54, 1.807) is 0 Å². The van der Waals surface area contributed by atoms with Crippen molar-refractivity contribution in [3.05, 3.63) is 41.2 Å². The summed E-state index contributed by atoms with van der Waals surface area (Å²) in [5.74, 6) is -0.0152. The number of hydrogen-bond donors (Lipinski definition) is 1. The third-order valence-corrected chi connectivity index (χ3v) is 5.92. The number of nitrogens with one attached hydrogen (secondary N) is 1. The van der Waals surface area contributed by atoms with Gasteiger partial charge in [-0.25, -0.2) is 4.79 Å². The van der Waals surface area contributed by atoms with Crippen LogP contribution in [0.4, 0.5) is 13.2 Å². The number of benzene rings is 1. The van der Waals surface area contributed by atoms with Gasteiger partial charge in [-0.05, 0) is 25.3 Å². The van der Waals surface area contributed by atoms with E-state index in [0.717, 1.165) is 38.3 Å². The van der Waals surface area contributed by atoms with Crippen molar-refractivity contribution < 1.29 is 27.2 Å². The number of ether oxygens (including phenoxy) is 1. The van der Waals surface area contributed by atoms with Crippen LogP contribution in [0.2, 0.25) is 0 Å². The molecule has 0 amide bonds. The molecule has 1 aromatic carbocycles. The summed E-state index contributed by atoms with van der Waals surface area (Å²) in [6, 6.07) is 5.45. The zero-order valence-corrected chi connectivity index (χ0v) is 15.0. The highest BCUT2D eigenvalue weighted by atomic mass is 19.4. The zero-order chi connectivity index (χ0) is 19.5. The fraction of sp³-hybridized carbons (Fsp3) is 0.500. The second-order valence-electron chi connectivity index (χ2n) is 7.87. The maximum Gasteiger partial charge on any atom is 0.417 e. The van der Waals surface area contributed by atoms with Gasteiger partial charge in [0.15, 0.2) is 5.76 Å². The molecule has 2 heterocycles. The number of aromatic nitrogens is 1. The van der Waals surface area contributed by atoms with Crippen molar-refractivity contribution in [2.75, 3.05) is 6.54 Å². The molecular weight excluding hydrogens is 373 g/mol. The van der Waals surface area contributed by atoms with Gasteiger partial charge in [0.2, 0.25) is 0 Å². The summed E-state index contributed by atoms with van der Waals surface area (Å²) in [6.07, 6.45) is -1.43. The molecule has 28 heavy (non-hydrogen) atoms. The van der Waals surface area contributed by atoms with Crippen molar-refractivity contribution in [2.24, 2.45) is 5.92 Å². The molecule has 1 saturated heterocycles. The van der Waals surface area contributed by atoms with E-state index in [0.29, 0.717) is 11.8 Å². The van der Waals surface area contributed by atoms with Gasteiger partial charge in [0.25, 0.3) is 0 Å². The number of rotatable bonds is 4. The van der Waals surface area contributed by atoms with E-state index in [-0.39, 0.29) is 34.8 Å². The number of alkyl halides is 3. The van der Waals surface area contributed by atoms with Crippen LogP contribution in [0.15, 0.2) is 28.8 Å². The van der Waals surface area contributed by atoms with Gasteiger partial charge in [-0.15, -0.1) is 0 Å². The van der Waals surface area contributed by atoms with E-state index in [1.807, 2.05) is 0 Å². The van der Waals surface area contributed by atoms with Crippen molar-refractivity contribution in [1.29, 1.82) is 0 Å². The average molecular weight is 392 g/mol. The van der Waals surface area contributed by atoms with Gasteiger partial charge in [-0.2, -0.15) is 13.2 Å². The summed E-state index contributed by atoms with van der Waals surface area (Å²) in [7, 11) is 0. The molecule has 1 aromatic heterocycles. The highest BCUT2D eigenvalue weighted by molar-refractivity contribution is 5.98. The van der Waals surface area contributed by atoms with Gasteiger partial charge in [-0.3, -0.25) is 0 Å². The Labute approximate surface area is 159 Å². The van der Waals surface area contributed by atoms with E-state index in [4.69, 9.17) is 9.26 Å². The minimum absolute atomic E-state index is 0.0172. The van der Waals surface area contributed by atoms with Crippen LogP contribution in [-0.2, 0) is 10.9 Å². The van der Waals surface area contributed by atoms with Crippen LogP contribution in [0.5, 0.6) is 0 Å². The largest absolute Gasteiger partial charge is 0.458 e. The number of nitrogens with zero attached hydrogens (tertiary/aromatic N) is 1. The van der Waals surface area contributed by atoms with E-state index in [2.05, 4.69) is 10.5 Å². The second-order valence-corrected chi connectivity index (χ2v) is 7.87. The fourth-order valence-electron chi connectivity index (χ4n) is 4.37. The predicted octanol–water partition coefficient (Wildman–Crippen LogP) is 4.15. The van der Waals surface area contributed by atoms with Crippen LogP contribution >= 0.6 is 0 Å². The summed E-state index contributed by atoms with van der Waals surface area (Å²) in [6.45, 7) is 0.797. The Balaban J connectivity index is 1.53. The lowest BCUT2D eigenvalue weighted by Crippen LogP contribution is -2.35. The number of halogens is 3. The molecule has 2 aliphatic carbocycles. The monoisotopic (exact) mass is 392 g/mol. The topological polar surface area (TPSA) is 64.4 Å². The Morgan fingerprint density at radius 3 is 2.64 bits per heavy atom. The van der Waals surface area contributed by atoms with Crippen LogP contribution in [0.3, 0.4) is 0 Å². The van der Waals surface area contributed by atoms with Gasteiger partial charge in [0.05, 0.1) is 5.56 Å². The van der Waals surface area contributed by atoms with Gasteiger partial charge in [0.1, 0.15) is 17.4 Å². The number of hydrogen-bond acceptors (Lipinski definition) is 5. The molecular formula is C20H19F3N2O3. The lowest BCUT2D eigenvalue weighted by Gasteiger charge is -2.22. The van der Waals surface area contributed by atoms with Gasteiger partial charge in [0, 0.05) is 36.4 Å². The molecule has 2 aromatic rings. The first-order chi connectivity index (χ1) is 13.4. The average Bonchev–Trinajstić information content (AvgIpc) is 3.09. The highest BCUT2D eigenvalue weighted by Gasteiger charge is 2.44. The molecule has 3 atom stereocenters. The van der Waals surface area contributed by atoms with E-state index < -0.39 is 17.7 Å². The molecule has 5 rings (SSSR count). The number of carbonyl (C=O) groups is 1. The molecule has 1 aliphatic heterocycles. The minimum atomic E-state index is -4.56. The summed E-state index contributed by atoms with van der Waals surface area (Å²) in [5, 5.41) is 7.23. The Kier molecular flexibility index (Phi) is 4.01. The molecule has 0 radical (unpaired) electrons. The zero-order valence-electron chi connectivity index (χ0n) is 15.0. The van der Waals surface area contributed by atoms with Crippen molar-refractivity contribution in [3.63, 3.8) is 0 Å². The van der Waals surface area contributed by atoms with Crippen LogP contribution in [0.1, 0.15) is 53.3 Å². The molecule has 8 heteroatoms. The fourth-order valence-corrected chi connectivity index (χ4v) is 4.37. The first kappa shape index (κ1) is 17.7. The molecule has 0 spiro atoms. The molecule has 3 aliphatic rings. The van der Waals surface area contributed by atoms with Crippen molar-refractivity contribution in [3.8, 4) is 11.3 Å². The number of esters is 1. The van der Waals surface area contributed by atoms with Gasteiger partial charge in [-0.1, -0.05) is 23.4 Å². The molecule has 3 unspecified atom stereocenters. The summed E-state index contributed by atoms with van der Waals surface area (Å²) in [5.41, 5.74) is -1.04. The van der Waals surface area contributed by atoms with Crippen LogP contribution in [-0.4, -0.2) is 29.8 Å². The third kappa shape index (κ3) is 2.99. The Bertz CT molecular complexity index is 920. The van der Waals surface area contributed by atoms with E-state index >= 15 is 0 Å². The molecule has 2 bridgehead atoms. The molecule has 2 saturated carbocycles. The van der Waals surface area contributed by atoms with E-state index in [1.165, 1.54) is 18.2 Å². The summed E-state index contributed by atoms with van der Waals surface area (Å²) < 4.78 is 51.6. The lowest BCUT2D eigenvalue weighted by atomic mass is 9.99. The summed E-state index contributed by atoms with van der Waals surface area (Å²) in [4.78, 5) is 13.0. The Morgan fingerprint density at radius 1 is 1.21 bits per heavy atom. The molecule has 3 fully saturated rings. The Hall–Kier alpha value is -2.35. The summed E-state index contributed by atoms with van der Waals surface area (Å²) >= 11 is 0. The quantitative estimate of drug-likeness (QED) is 0.792. The third-order valence-electron chi connectivity index (χ3n) is 5.92. The first-order valence-corrected chi connectivity index (χ1v) is 9.52. The van der Waals surface area contributed by atoms with Crippen molar-refractivity contribution in [1.82, 2.24) is 10.5 Å². The Morgan fingerprint density at radius 2 is 2.00 bits per heavy atom. The second kappa shape index (κ2) is 6.34.